The number of carbonyl (C=O) groups is 3. The standard InChI is InChI=1S/C29H36FN3O4/c1-28(2,3)16-7-10-23(19-11-13-20(14-12-19)26(36)31-17-15-24(34)35)33-27(37)25(32-29(33,4)5)21-8-6-9-22(30)18-21/h6,8-9,11-14,18,23H,7,10,15-17H2,1-5H3,(H,31,36)(H,34,35). The van der Waals surface area contributed by atoms with Crippen molar-refractivity contribution in [3.63, 3.8) is 0 Å². The third-order valence-electron chi connectivity index (χ3n) is 6.39. The fraction of sp³-hybridized carbons (Fsp3) is 0.448. The molecule has 0 fully saturated rings. The number of hydrogen-bond acceptors (Lipinski definition) is 4. The lowest BCUT2D eigenvalue weighted by Crippen LogP contribution is -2.45. The summed E-state index contributed by atoms with van der Waals surface area (Å²) in [6.45, 7) is 10.3. The Morgan fingerprint density at radius 1 is 1.14 bits per heavy atom. The van der Waals surface area contributed by atoms with Crippen molar-refractivity contribution >= 4 is 23.5 Å². The van der Waals surface area contributed by atoms with Crippen molar-refractivity contribution in [1.82, 2.24) is 10.2 Å². The van der Waals surface area contributed by atoms with E-state index in [1.165, 1.54) is 12.1 Å². The maximum atomic E-state index is 13.9. The second-order valence-electron chi connectivity index (χ2n) is 11.1. The van der Waals surface area contributed by atoms with Gasteiger partial charge < -0.3 is 15.3 Å². The topological polar surface area (TPSA) is 99.1 Å². The van der Waals surface area contributed by atoms with Crippen LogP contribution in [0.15, 0.2) is 53.5 Å². The molecule has 8 heteroatoms. The molecule has 0 saturated heterocycles. The molecule has 1 aliphatic rings. The number of carboxylic acids is 1. The Hall–Kier alpha value is -3.55. The van der Waals surface area contributed by atoms with E-state index in [-0.39, 0.29) is 41.9 Å². The Bertz CT molecular complexity index is 1180. The van der Waals surface area contributed by atoms with Crippen LogP contribution < -0.4 is 5.32 Å². The maximum absolute atomic E-state index is 13.9. The monoisotopic (exact) mass is 509 g/mol. The summed E-state index contributed by atoms with van der Waals surface area (Å²) in [5.41, 5.74) is 1.25. The molecule has 2 aromatic rings. The first-order chi connectivity index (χ1) is 17.3. The predicted octanol–water partition coefficient (Wildman–Crippen LogP) is 5.36. The van der Waals surface area contributed by atoms with E-state index in [9.17, 15) is 18.8 Å². The van der Waals surface area contributed by atoms with Gasteiger partial charge in [-0.05, 0) is 61.9 Å². The van der Waals surface area contributed by atoms with Crippen molar-refractivity contribution < 1.29 is 23.9 Å². The molecule has 0 radical (unpaired) electrons. The smallest absolute Gasteiger partial charge is 0.305 e. The largest absolute Gasteiger partial charge is 0.481 e. The van der Waals surface area contributed by atoms with E-state index in [2.05, 4.69) is 26.1 Å². The van der Waals surface area contributed by atoms with Gasteiger partial charge in [0.25, 0.3) is 11.8 Å². The van der Waals surface area contributed by atoms with Crippen molar-refractivity contribution in [3.05, 3.63) is 71.0 Å². The minimum Gasteiger partial charge on any atom is -0.481 e. The van der Waals surface area contributed by atoms with E-state index in [0.29, 0.717) is 17.5 Å². The van der Waals surface area contributed by atoms with Gasteiger partial charge in [0.1, 0.15) is 17.2 Å². The highest BCUT2D eigenvalue weighted by atomic mass is 19.1. The van der Waals surface area contributed by atoms with Crippen LogP contribution >= 0.6 is 0 Å². The van der Waals surface area contributed by atoms with E-state index in [4.69, 9.17) is 10.1 Å². The van der Waals surface area contributed by atoms with E-state index in [1.807, 2.05) is 26.0 Å². The van der Waals surface area contributed by atoms with Crippen LogP contribution in [0.25, 0.3) is 0 Å². The molecular formula is C29H36FN3O4. The Kier molecular flexibility index (Phi) is 8.51. The molecule has 2 N–H and O–H groups in total. The quantitative estimate of drug-likeness (QED) is 0.451. The SMILES string of the molecule is CC(C)(C)CCCC(c1ccc(C(=O)NCCC(=O)O)cc1)N1C(=O)C(c2cccc(F)c2)=NC1(C)C. The van der Waals surface area contributed by atoms with Gasteiger partial charge in [0, 0.05) is 17.7 Å². The molecule has 7 nitrogen and oxygen atoms in total. The second-order valence-corrected chi connectivity index (χ2v) is 11.1. The second kappa shape index (κ2) is 11.2. The van der Waals surface area contributed by atoms with Gasteiger partial charge in [-0.1, -0.05) is 51.5 Å². The number of nitrogens with one attached hydrogen (secondary N) is 1. The van der Waals surface area contributed by atoms with Crippen molar-refractivity contribution in [2.75, 3.05) is 6.54 Å². The Morgan fingerprint density at radius 3 is 2.41 bits per heavy atom. The molecule has 0 saturated carbocycles. The molecule has 1 unspecified atom stereocenters. The van der Waals surface area contributed by atoms with Gasteiger partial charge in [-0.15, -0.1) is 0 Å². The van der Waals surface area contributed by atoms with Gasteiger partial charge in [-0.25, -0.2) is 4.39 Å². The number of carbonyl (C=O) groups excluding carboxylic acids is 2. The molecule has 0 spiro atoms. The first kappa shape index (κ1) is 28.0. The minimum absolute atomic E-state index is 0.0437. The molecule has 0 bridgehead atoms. The summed E-state index contributed by atoms with van der Waals surface area (Å²) in [7, 11) is 0. The molecule has 0 aliphatic carbocycles. The molecule has 37 heavy (non-hydrogen) atoms. The molecule has 198 valence electrons. The maximum Gasteiger partial charge on any atom is 0.305 e. The van der Waals surface area contributed by atoms with Crippen molar-refractivity contribution in [2.45, 2.75) is 72.0 Å². The van der Waals surface area contributed by atoms with E-state index in [1.54, 1.807) is 29.2 Å². The van der Waals surface area contributed by atoms with Crippen molar-refractivity contribution in [3.8, 4) is 0 Å². The van der Waals surface area contributed by atoms with Crippen LogP contribution in [0, 0.1) is 11.2 Å². The molecule has 1 aliphatic heterocycles. The average Bonchev–Trinajstić information content (AvgIpc) is 3.04. The lowest BCUT2D eigenvalue weighted by molar-refractivity contribution is -0.136. The van der Waals surface area contributed by atoms with Crippen molar-refractivity contribution in [2.24, 2.45) is 10.4 Å². The Balaban J connectivity index is 1.89. The summed E-state index contributed by atoms with van der Waals surface area (Å²) < 4.78 is 13.9. The van der Waals surface area contributed by atoms with E-state index in [0.717, 1.165) is 18.4 Å². The summed E-state index contributed by atoms with van der Waals surface area (Å²) in [5.74, 6) is -2.02. The molecule has 1 heterocycles. The van der Waals surface area contributed by atoms with E-state index < -0.39 is 17.4 Å². The molecular weight excluding hydrogens is 473 g/mol. The zero-order valence-electron chi connectivity index (χ0n) is 22.2. The third-order valence-corrected chi connectivity index (χ3v) is 6.39. The normalized spacial score (nSPS) is 15.9. The molecule has 2 aromatic carbocycles. The number of rotatable bonds is 10. The highest BCUT2D eigenvalue weighted by Gasteiger charge is 2.44. The number of amides is 2. The first-order valence-electron chi connectivity index (χ1n) is 12.6. The molecule has 0 aromatic heterocycles. The fourth-order valence-corrected chi connectivity index (χ4v) is 4.60. The highest BCUT2D eigenvalue weighted by molar-refractivity contribution is 6.46. The molecule has 2 amide bonds. The van der Waals surface area contributed by atoms with Gasteiger partial charge in [0.15, 0.2) is 0 Å². The van der Waals surface area contributed by atoms with Crippen molar-refractivity contribution in [1.29, 1.82) is 0 Å². The number of halogens is 1. The zero-order valence-corrected chi connectivity index (χ0v) is 22.2. The van der Waals surface area contributed by atoms with Crippen LogP contribution in [0.3, 0.4) is 0 Å². The van der Waals surface area contributed by atoms with Gasteiger partial charge in [0.05, 0.1) is 12.5 Å². The zero-order chi connectivity index (χ0) is 27.4. The Morgan fingerprint density at radius 2 is 1.81 bits per heavy atom. The van der Waals surface area contributed by atoms with E-state index >= 15 is 0 Å². The number of nitrogens with zero attached hydrogens (tertiary/aromatic N) is 2. The lowest BCUT2D eigenvalue weighted by Gasteiger charge is -2.38. The fourth-order valence-electron chi connectivity index (χ4n) is 4.60. The number of hydrogen-bond donors (Lipinski definition) is 2. The third kappa shape index (κ3) is 7.24. The van der Waals surface area contributed by atoms with Crippen LogP contribution in [0.2, 0.25) is 0 Å². The number of aliphatic carboxylic acids is 1. The minimum atomic E-state index is -0.980. The lowest BCUT2D eigenvalue weighted by atomic mass is 9.87. The predicted molar refractivity (Wildman–Crippen MR) is 141 cm³/mol. The van der Waals surface area contributed by atoms with Crippen LogP contribution in [-0.2, 0) is 9.59 Å². The highest BCUT2D eigenvalue weighted by Crippen LogP contribution is 2.39. The summed E-state index contributed by atoms with van der Waals surface area (Å²) >= 11 is 0. The molecule has 1 atom stereocenters. The van der Waals surface area contributed by atoms with Crippen LogP contribution in [0.4, 0.5) is 4.39 Å². The molecule has 3 rings (SSSR count). The summed E-state index contributed by atoms with van der Waals surface area (Å²) in [5, 5.41) is 11.4. The van der Waals surface area contributed by atoms with Crippen LogP contribution in [-0.4, -0.2) is 45.7 Å². The van der Waals surface area contributed by atoms with Crippen LogP contribution in [0.1, 0.15) is 87.8 Å². The number of aliphatic imine (C=N–C) groups is 1. The summed E-state index contributed by atoms with van der Waals surface area (Å²) in [6.07, 6.45) is 2.39. The Labute approximate surface area is 217 Å². The summed E-state index contributed by atoms with van der Waals surface area (Å²) in [4.78, 5) is 43.3. The van der Waals surface area contributed by atoms with Gasteiger partial charge >= 0.3 is 5.97 Å². The first-order valence-corrected chi connectivity index (χ1v) is 12.6. The van der Waals surface area contributed by atoms with Gasteiger partial charge in [0.2, 0.25) is 0 Å². The summed E-state index contributed by atoms with van der Waals surface area (Å²) in [6, 6.07) is 12.6. The average molecular weight is 510 g/mol. The van der Waals surface area contributed by atoms with Gasteiger partial charge in [-0.3, -0.25) is 19.4 Å². The number of carboxylic acid groups (broad SMARTS) is 1. The number of benzene rings is 2. The van der Waals surface area contributed by atoms with Gasteiger partial charge in [-0.2, -0.15) is 0 Å². The van der Waals surface area contributed by atoms with Crippen LogP contribution in [0.5, 0.6) is 0 Å².